The minimum absolute atomic E-state index is 0.0232. The molecule has 1 unspecified atom stereocenters. The van der Waals surface area contributed by atoms with Gasteiger partial charge in [0.1, 0.15) is 0 Å². The van der Waals surface area contributed by atoms with Crippen molar-refractivity contribution in [1.29, 1.82) is 0 Å². The van der Waals surface area contributed by atoms with Gasteiger partial charge in [0.25, 0.3) is 0 Å². The number of hydrogen-bond acceptors (Lipinski definition) is 4. The van der Waals surface area contributed by atoms with E-state index in [1.165, 1.54) is 6.92 Å². The Labute approximate surface area is 77.7 Å². The Morgan fingerprint density at radius 1 is 1.62 bits per heavy atom. The van der Waals surface area contributed by atoms with Crippen LogP contribution in [0.3, 0.4) is 0 Å². The third-order valence-corrected chi connectivity index (χ3v) is 1.56. The standard InChI is InChI=1S/C8H17NO4/c1-3-13-5-4-9-6-8(2,12)7(10)11/h9,12H,3-6H2,1-2H3,(H,10,11). The zero-order chi connectivity index (χ0) is 10.3. The zero-order valence-electron chi connectivity index (χ0n) is 8.04. The summed E-state index contributed by atoms with van der Waals surface area (Å²) in [7, 11) is 0. The Morgan fingerprint density at radius 3 is 2.69 bits per heavy atom. The molecule has 0 heterocycles. The van der Waals surface area contributed by atoms with E-state index in [1.54, 1.807) is 0 Å². The molecule has 1 atom stereocenters. The van der Waals surface area contributed by atoms with E-state index in [4.69, 9.17) is 9.84 Å². The first-order chi connectivity index (χ1) is 6.00. The molecule has 0 aromatic rings. The quantitative estimate of drug-likeness (QED) is 0.470. The number of ether oxygens (including phenoxy) is 1. The van der Waals surface area contributed by atoms with Gasteiger partial charge in [-0.15, -0.1) is 0 Å². The predicted molar refractivity (Wildman–Crippen MR) is 47.6 cm³/mol. The number of aliphatic carboxylic acids is 1. The van der Waals surface area contributed by atoms with Crippen molar-refractivity contribution >= 4 is 5.97 Å². The van der Waals surface area contributed by atoms with Crippen LogP contribution >= 0.6 is 0 Å². The van der Waals surface area contributed by atoms with Crippen molar-refractivity contribution in [2.24, 2.45) is 0 Å². The molecule has 3 N–H and O–H groups in total. The molecule has 5 nitrogen and oxygen atoms in total. The van der Waals surface area contributed by atoms with E-state index in [1.807, 2.05) is 6.92 Å². The Bertz CT molecular complexity index is 158. The summed E-state index contributed by atoms with van der Waals surface area (Å²) in [6.07, 6.45) is 0. The van der Waals surface area contributed by atoms with Crippen molar-refractivity contribution in [1.82, 2.24) is 5.32 Å². The maximum absolute atomic E-state index is 10.4. The van der Waals surface area contributed by atoms with Crippen molar-refractivity contribution in [3.63, 3.8) is 0 Å². The molecule has 0 rings (SSSR count). The number of aliphatic hydroxyl groups is 1. The highest BCUT2D eigenvalue weighted by molar-refractivity contribution is 5.76. The molecule has 13 heavy (non-hydrogen) atoms. The summed E-state index contributed by atoms with van der Waals surface area (Å²) in [6, 6.07) is 0. The van der Waals surface area contributed by atoms with Crippen LogP contribution in [0.15, 0.2) is 0 Å². The van der Waals surface area contributed by atoms with E-state index in [9.17, 15) is 9.90 Å². The summed E-state index contributed by atoms with van der Waals surface area (Å²) in [4.78, 5) is 10.4. The second-order valence-corrected chi connectivity index (χ2v) is 2.95. The molecule has 0 saturated heterocycles. The largest absolute Gasteiger partial charge is 0.479 e. The third kappa shape index (κ3) is 5.57. The van der Waals surface area contributed by atoms with E-state index < -0.39 is 11.6 Å². The van der Waals surface area contributed by atoms with Gasteiger partial charge in [0.05, 0.1) is 6.61 Å². The molecule has 0 aliphatic carbocycles. The lowest BCUT2D eigenvalue weighted by Gasteiger charge is -2.18. The minimum atomic E-state index is -1.70. The van der Waals surface area contributed by atoms with Gasteiger partial charge in [0.15, 0.2) is 5.60 Å². The number of nitrogens with one attached hydrogen (secondary N) is 1. The topological polar surface area (TPSA) is 78.8 Å². The van der Waals surface area contributed by atoms with Crippen LogP contribution in [-0.2, 0) is 9.53 Å². The number of carboxylic acids is 1. The van der Waals surface area contributed by atoms with Crippen molar-refractivity contribution in [2.45, 2.75) is 19.4 Å². The van der Waals surface area contributed by atoms with Gasteiger partial charge in [-0.3, -0.25) is 0 Å². The van der Waals surface area contributed by atoms with Gasteiger partial charge in [0.2, 0.25) is 0 Å². The first-order valence-electron chi connectivity index (χ1n) is 4.25. The van der Waals surface area contributed by atoms with Gasteiger partial charge >= 0.3 is 5.97 Å². The Kier molecular flexibility index (Phi) is 5.61. The van der Waals surface area contributed by atoms with Crippen LogP contribution in [0.1, 0.15) is 13.8 Å². The lowest BCUT2D eigenvalue weighted by molar-refractivity contribution is -0.156. The Hall–Kier alpha value is -0.650. The second kappa shape index (κ2) is 5.90. The maximum atomic E-state index is 10.4. The van der Waals surface area contributed by atoms with Crippen molar-refractivity contribution in [3.8, 4) is 0 Å². The van der Waals surface area contributed by atoms with Crippen molar-refractivity contribution in [2.75, 3.05) is 26.3 Å². The monoisotopic (exact) mass is 191 g/mol. The summed E-state index contributed by atoms with van der Waals surface area (Å²) in [5.74, 6) is -1.23. The molecule has 0 fully saturated rings. The lowest BCUT2D eigenvalue weighted by Crippen LogP contribution is -2.45. The van der Waals surface area contributed by atoms with Crippen LogP contribution in [-0.4, -0.2) is 48.1 Å². The average Bonchev–Trinajstić information content (AvgIpc) is 2.03. The van der Waals surface area contributed by atoms with E-state index in [-0.39, 0.29) is 6.54 Å². The van der Waals surface area contributed by atoms with Crippen molar-refractivity contribution in [3.05, 3.63) is 0 Å². The highest BCUT2D eigenvalue weighted by Crippen LogP contribution is 1.99. The first-order valence-corrected chi connectivity index (χ1v) is 4.25. The second-order valence-electron chi connectivity index (χ2n) is 2.95. The number of carboxylic acid groups (broad SMARTS) is 1. The molecule has 0 aromatic carbocycles. The van der Waals surface area contributed by atoms with Gasteiger partial charge in [-0.25, -0.2) is 4.79 Å². The van der Waals surface area contributed by atoms with Gasteiger partial charge in [-0.1, -0.05) is 0 Å². The summed E-state index contributed by atoms with van der Waals surface area (Å²) in [5, 5.41) is 20.6. The molecule has 0 aromatic heterocycles. The van der Waals surface area contributed by atoms with Crippen LogP contribution in [0.25, 0.3) is 0 Å². The van der Waals surface area contributed by atoms with E-state index in [0.717, 1.165) is 0 Å². The first kappa shape index (κ1) is 12.3. The fraction of sp³-hybridized carbons (Fsp3) is 0.875. The Balaban J connectivity index is 3.46. The van der Waals surface area contributed by atoms with Gasteiger partial charge in [-0.2, -0.15) is 0 Å². The fourth-order valence-electron chi connectivity index (χ4n) is 0.696. The lowest BCUT2D eigenvalue weighted by atomic mass is 10.1. The molecule has 0 aliphatic heterocycles. The molecule has 78 valence electrons. The molecule has 0 bridgehead atoms. The molecular weight excluding hydrogens is 174 g/mol. The van der Waals surface area contributed by atoms with E-state index >= 15 is 0 Å². The van der Waals surface area contributed by atoms with E-state index in [0.29, 0.717) is 19.8 Å². The molecule has 0 aliphatic rings. The molecular formula is C8H17NO4. The van der Waals surface area contributed by atoms with Gasteiger partial charge in [0, 0.05) is 19.7 Å². The molecule has 0 spiro atoms. The maximum Gasteiger partial charge on any atom is 0.336 e. The van der Waals surface area contributed by atoms with Crippen LogP contribution in [0, 0.1) is 0 Å². The molecule has 0 radical (unpaired) electrons. The smallest absolute Gasteiger partial charge is 0.336 e. The summed E-state index contributed by atoms with van der Waals surface area (Å²) in [6.45, 7) is 4.85. The summed E-state index contributed by atoms with van der Waals surface area (Å²) >= 11 is 0. The average molecular weight is 191 g/mol. The predicted octanol–water partition coefficient (Wildman–Crippen LogP) is -0.552. The number of carbonyl (C=O) groups is 1. The van der Waals surface area contributed by atoms with Crippen LogP contribution < -0.4 is 5.32 Å². The SMILES string of the molecule is CCOCCNCC(C)(O)C(=O)O. The Morgan fingerprint density at radius 2 is 2.23 bits per heavy atom. The fourth-order valence-corrected chi connectivity index (χ4v) is 0.696. The molecule has 5 heteroatoms. The molecule has 0 amide bonds. The normalized spacial score (nSPS) is 15.3. The van der Waals surface area contributed by atoms with Crippen LogP contribution in [0.2, 0.25) is 0 Å². The minimum Gasteiger partial charge on any atom is -0.479 e. The van der Waals surface area contributed by atoms with E-state index in [2.05, 4.69) is 5.32 Å². The van der Waals surface area contributed by atoms with Crippen molar-refractivity contribution < 1.29 is 19.7 Å². The highest BCUT2D eigenvalue weighted by Gasteiger charge is 2.28. The third-order valence-electron chi connectivity index (χ3n) is 1.56. The van der Waals surface area contributed by atoms with Crippen LogP contribution in [0.5, 0.6) is 0 Å². The van der Waals surface area contributed by atoms with Crippen LogP contribution in [0.4, 0.5) is 0 Å². The van der Waals surface area contributed by atoms with Gasteiger partial charge in [-0.05, 0) is 13.8 Å². The van der Waals surface area contributed by atoms with Gasteiger partial charge < -0.3 is 20.3 Å². The highest BCUT2D eigenvalue weighted by atomic mass is 16.5. The number of rotatable bonds is 7. The summed E-state index contributed by atoms with van der Waals surface area (Å²) in [5.41, 5.74) is -1.70. The number of hydrogen-bond donors (Lipinski definition) is 3. The zero-order valence-corrected chi connectivity index (χ0v) is 8.04. The summed E-state index contributed by atoms with van der Waals surface area (Å²) < 4.78 is 5.02. The molecule has 0 saturated carbocycles.